The lowest BCUT2D eigenvalue weighted by Crippen LogP contribution is -2.36. The van der Waals surface area contributed by atoms with Gasteiger partial charge < -0.3 is 15.4 Å². The highest BCUT2D eigenvalue weighted by molar-refractivity contribution is 7.71. The third-order valence-corrected chi connectivity index (χ3v) is 3.47. The molecule has 1 atom stereocenters. The highest BCUT2D eigenvalue weighted by Crippen LogP contribution is 2.12. The van der Waals surface area contributed by atoms with Crippen LogP contribution in [0.1, 0.15) is 37.0 Å². The van der Waals surface area contributed by atoms with Crippen molar-refractivity contribution < 1.29 is 9.90 Å². The number of aliphatic hydroxyl groups excluding tert-OH is 1. The predicted octanol–water partition coefficient (Wildman–Crippen LogP) is 2.27. The summed E-state index contributed by atoms with van der Waals surface area (Å²) in [5.74, 6) is -0.0301. The van der Waals surface area contributed by atoms with Crippen LogP contribution in [0.15, 0.2) is 18.3 Å². The molecule has 0 aromatic carbocycles. The van der Waals surface area contributed by atoms with E-state index in [4.69, 9.17) is 12.2 Å². The van der Waals surface area contributed by atoms with Crippen LogP contribution in [0.3, 0.4) is 0 Å². The molecular weight excluding hydrogens is 248 g/mol. The van der Waals surface area contributed by atoms with E-state index in [0.29, 0.717) is 10.2 Å². The fourth-order valence-electron chi connectivity index (χ4n) is 1.89. The molecule has 0 aliphatic carbocycles. The van der Waals surface area contributed by atoms with Crippen LogP contribution in [0, 0.1) is 10.6 Å². The predicted molar refractivity (Wildman–Crippen MR) is 74.0 cm³/mol. The van der Waals surface area contributed by atoms with E-state index in [2.05, 4.69) is 10.3 Å². The molecule has 0 bridgehead atoms. The number of carbonyl (C=O) groups excluding carboxylic acids is 1. The zero-order valence-corrected chi connectivity index (χ0v) is 11.6. The number of hydrogen-bond donors (Lipinski definition) is 3. The van der Waals surface area contributed by atoms with Gasteiger partial charge in [-0.05, 0) is 18.1 Å². The highest BCUT2D eigenvalue weighted by Gasteiger charge is 2.16. The molecule has 0 spiro atoms. The summed E-state index contributed by atoms with van der Waals surface area (Å²) in [6.07, 6.45) is 2.97. The van der Waals surface area contributed by atoms with Gasteiger partial charge in [0.15, 0.2) is 0 Å². The number of carbonyl (C=O) groups is 1. The van der Waals surface area contributed by atoms with Gasteiger partial charge in [-0.25, -0.2) is 0 Å². The molecule has 5 heteroatoms. The quantitative estimate of drug-likeness (QED) is 0.693. The summed E-state index contributed by atoms with van der Waals surface area (Å²) >= 11 is 5.03. The minimum absolute atomic E-state index is 0.218. The standard InChI is InChI=1S/C13H20N2O2S/c1-3-9(4-2)11(16)8-15-12(17)10-6-5-7-14-13(10)18/h5-7,9,11,16H,3-4,8H2,1-2H3,(H,14,18)(H,15,17). The van der Waals surface area contributed by atoms with Crippen LogP contribution in [0.4, 0.5) is 0 Å². The Morgan fingerprint density at radius 2 is 2.17 bits per heavy atom. The number of aromatic amines is 1. The number of rotatable bonds is 6. The first-order valence-corrected chi connectivity index (χ1v) is 6.64. The summed E-state index contributed by atoms with van der Waals surface area (Å²) in [6, 6.07) is 3.39. The Balaban J connectivity index is 2.57. The van der Waals surface area contributed by atoms with Gasteiger partial charge in [0, 0.05) is 12.7 Å². The Bertz CT molecular complexity index is 441. The fourth-order valence-corrected chi connectivity index (χ4v) is 2.12. The van der Waals surface area contributed by atoms with Crippen molar-refractivity contribution in [3.8, 4) is 0 Å². The number of pyridine rings is 1. The van der Waals surface area contributed by atoms with Gasteiger partial charge in [0.2, 0.25) is 0 Å². The lowest BCUT2D eigenvalue weighted by Gasteiger charge is -2.20. The lowest BCUT2D eigenvalue weighted by atomic mass is 9.96. The maximum Gasteiger partial charge on any atom is 0.254 e. The van der Waals surface area contributed by atoms with Crippen molar-refractivity contribution in [3.05, 3.63) is 28.5 Å². The van der Waals surface area contributed by atoms with E-state index >= 15 is 0 Å². The smallest absolute Gasteiger partial charge is 0.254 e. The first kappa shape index (κ1) is 14.9. The Hall–Kier alpha value is -1.20. The van der Waals surface area contributed by atoms with Gasteiger partial charge in [-0.3, -0.25) is 4.79 Å². The molecule has 4 nitrogen and oxygen atoms in total. The highest BCUT2D eigenvalue weighted by atomic mass is 32.1. The Labute approximate surface area is 112 Å². The lowest BCUT2D eigenvalue weighted by molar-refractivity contribution is 0.0816. The number of aromatic nitrogens is 1. The SMILES string of the molecule is CCC(CC)C(O)CNC(=O)c1ccc[nH]c1=S. The van der Waals surface area contributed by atoms with Crippen LogP contribution < -0.4 is 5.32 Å². The van der Waals surface area contributed by atoms with Crippen LogP contribution in [-0.2, 0) is 0 Å². The van der Waals surface area contributed by atoms with Gasteiger partial charge in [-0.2, -0.15) is 0 Å². The molecule has 0 radical (unpaired) electrons. The third kappa shape index (κ3) is 3.92. The number of amides is 1. The molecule has 1 rings (SSSR count). The van der Waals surface area contributed by atoms with Crippen molar-refractivity contribution in [2.75, 3.05) is 6.54 Å². The van der Waals surface area contributed by atoms with E-state index in [1.807, 2.05) is 13.8 Å². The minimum Gasteiger partial charge on any atom is -0.391 e. The molecule has 0 saturated heterocycles. The second-order valence-electron chi connectivity index (χ2n) is 4.27. The van der Waals surface area contributed by atoms with Crippen molar-refractivity contribution in [2.45, 2.75) is 32.8 Å². The van der Waals surface area contributed by atoms with Crippen molar-refractivity contribution in [3.63, 3.8) is 0 Å². The molecule has 1 amide bonds. The summed E-state index contributed by atoms with van der Waals surface area (Å²) in [5, 5.41) is 12.6. The molecule has 18 heavy (non-hydrogen) atoms. The summed E-state index contributed by atoms with van der Waals surface area (Å²) in [4.78, 5) is 14.7. The number of H-pyrrole nitrogens is 1. The molecule has 1 aromatic heterocycles. The molecule has 0 saturated carbocycles. The van der Waals surface area contributed by atoms with Crippen molar-refractivity contribution in [1.29, 1.82) is 0 Å². The van der Waals surface area contributed by atoms with E-state index in [1.165, 1.54) is 0 Å². The van der Waals surface area contributed by atoms with Crippen LogP contribution in [0.25, 0.3) is 0 Å². The fraction of sp³-hybridized carbons (Fsp3) is 0.538. The summed E-state index contributed by atoms with van der Waals surface area (Å²) < 4.78 is 0.409. The van der Waals surface area contributed by atoms with Gasteiger partial charge >= 0.3 is 0 Å². The van der Waals surface area contributed by atoms with Crippen LogP contribution in [-0.4, -0.2) is 28.6 Å². The van der Waals surface area contributed by atoms with E-state index in [-0.39, 0.29) is 18.4 Å². The summed E-state index contributed by atoms with van der Waals surface area (Å²) in [7, 11) is 0. The maximum absolute atomic E-state index is 11.9. The molecule has 0 aliphatic heterocycles. The molecular formula is C13H20N2O2S. The normalized spacial score (nSPS) is 12.4. The Morgan fingerprint density at radius 3 is 2.72 bits per heavy atom. The van der Waals surface area contributed by atoms with Crippen LogP contribution >= 0.6 is 12.2 Å². The van der Waals surface area contributed by atoms with Crippen LogP contribution in [0.5, 0.6) is 0 Å². The Morgan fingerprint density at radius 1 is 1.50 bits per heavy atom. The van der Waals surface area contributed by atoms with Gasteiger partial charge in [0.1, 0.15) is 4.64 Å². The average Bonchev–Trinajstić information content (AvgIpc) is 2.38. The van der Waals surface area contributed by atoms with E-state index in [0.717, 1.165) is 12.8 Å². The molecule has 1 unspecified atom stereocenters. The van der Waals surface area contributed by atoms with Crippen LogP contribution in [0.2, 0.25) is 0 Å². The average molecular weight is 268 g/mol. The number of nitrogens with one attached hydrogen (secondary N) is 2. The summed E-state index contributed by atoms with van der Waals surface area (Å²) in [6.45, 7) is 4.33. The zero-order valence-electron chi connectivity index (χ0n) is 10.8. The number of aliphatic hydroxyl groups is 1. The molecule has 0 aliphatic rings. The van der Waals surface area contributed by atoms with Gasteiger partial charge in [-0.1, -0.05) is 38.9 Å². The molecule has 0 fully saturated rings. The van der Waals surface area contributed by atoms with Gasteiger partial charge in [-0.15, -0.1) is 0 Å². The zero-order chi connectivity index (χ0) is 13.5. The topological polar surface area (TPSA) is 65.1 Å². The molecule has 1 heterocycles. The van der Waals surface area contributed by atoms with E-state index in [1.54, 1.807) is 18.3 Å². The first-order valence-electron chi connectivity index (χ1n) is 6.24. The second kappa shape index (κ2) is 7.28. The molecule has 100 valence electrons. The monoisotopic (exact) mass is 268 g/mol. The maximum atomic E-state index is 11.9. The number of hydrogen-bond acceptors (Lipinski definition) is 3. The van der Waals surface area contributed by atoms with Crippen molar-refractivity contribution in [2.24, 2.45) is 5.92 Å². The van der Waals surface area contributed by atoms with E-state index < -0.39 is 6.10 Å². The molecule has 3 N–H and O–H groups in total. The Kier molecular flexibility index (Phi) is 6.01. The van der Waals surface area contributed by atoms with Crippen molar-refractivity contribution in [1.82, 2.24) is 10.3 Å². The molecule has 1 aromatic rings. The van der Waals surface area contributed by atoms with Crippen molar-refractivity contribution >= 4 is 18.1 Å². The third-order valence-electron chi connectivity index (χ3n) is 3.13. The van der Waals surface area contributed by atoms with E-state index in [9.17, 15) is 9.90 Å². The largest absolute Gasteiger partial charge is 0.391 e. The van der Waals surface area contributed by atoms with Gasteiger partial charge in [0.05, 0.1) is 11.7 Å². The van der Waals surface area contributed by atoms with Gasteiger partial charge in [0.25, 0.3) is 5.91 Å². The first-order chi connectivity index (χ1) is 8.60. The summed E-state index contributed by atoms with van der Waals surface area (Å²) in [5.41, 5.74) is 0.434. The minimum atomic E-state index is -0.509. The second-order valence-corrected chi connectivity index (χ2v) is 4.68.